The van der Waals surface area contributed by atoms with Crippen LogP contribution in [-0.4, -0.2) is 47.7 Å². The Bertz CT molecular complexity index is 293. The maximum atomic E-state index is 10.3. The van der Waals surface area contributed by atoms with E-state index in [0.717, 1.165) is 44.4 Å². The molecule has 0 radical (unpaired) electrons. The Balaban J connectivity index is 0.00000361. The van der Waals surface area contributed by atoms with Crippen molar-refractivity contribution in [1.82, 2.24) is 10.2 Å². The molecule has 0 spiro atoms. The van der Waals surface area contributed by atoms with E-state index in [9.17, 15) is 5.11 Å². The molecule has 1 saturated heterocycles. The first-order valence-electron chi connectivity index (χ1n) is 7.80. The fourth-order valence-electron chi connectivity index (χ4n) is 2.50. The fraction of sp³-hybridized carbons (Fsp3) is 0.933. The molecular formula is C15H32IN3O. The summed E-state index contributed by atoms with van der Waals surface area (Å²) in [5.41, 5.74) is -0.651. The van der Waals surface area contributed by atoms with Gasteiger partial charge in [0, 0.05) is 19.6 Å². The molecule has 1 aliphatic heterocycles. The van der Waals surface area contributed by atoms with Crippen LogP contribution in [0.15, 0.2) is 4.99 Å². The third-order valence-corrected chi connectivity index (χ3v) is 4.13. The largest absolute Gasteiger partial charge is 0.388 e. The number of hydrogen-bond donors (Lipinski definition) is 2. The summed E-state index contributed by atoms with van der Waals surface area (Å²) in [5.74, 6) is 1.70. The van der Waals surface area contributed by atoms with Gasteiger partial charge in [0.1, 0.15) is 0 Å². The lowest BCUT2D eigenvalue weighted by molar-refractivity contribution is 0.0415. The minimum atomic E-state index is -0.651. The molecule has 1 unspecified atom stereocenters. The van der Waals surface area contributed by atoms with Crippen molar-refractivity contribution in [2.24, 2.45) is 10.9 Å². The predicted octanol–water partition coefficient (Wildman–Crippen LogP) is 2.85. The number of aliphatic hydroxyl groups is 1. The SMILES string of the molecule is CCNC(=NCC(O)(CC)CC)N1CCCC(C)C1.I. The Kier molecular flexibility index (Phi) is 9.80. The molecule has 1 rings (SSSR count). The van der Waals surface area contributed by atoms with Crippen molar-refractivity contribution in [3.63, 3.8) is 0 Å². The molecule has 0 aliphatic carbocycles. The van der Waals surface area contributed by atoms with E-state index in [0.29, 0.717) is 6.54 Å². The standard InChI is InChI=1S/C15H31N3O.HI/c1-5-15(19,6-2)12-17-14(16-7-3)18-10-8-9-13(4)11-18;/h13,19H,5-12H2,1-4H3,(H,16,17);1H. The second kappa shape index (κ2) is 9.82. The summed E-state index contributed by atoms with van der Waals surface area (Å²) in [5, 5.41) is 13.7. The highest BCUT2D eigenvalue weighted by Crippen LogP contribution is 2.17. The lowest BCUT2D eigenvalue weighted by atomic mass is 9.98. The first-order valence-corrected chi connectivity index (χ1v) is 7.80. The van der Waals surface area contributed by atoms with Crippen LogP contribution < -0.4 is 5.32 Å². The molecule has 0 saturated carbocycles. The average Bonchev–Trinajstić information content (AvgIpc) is 2.43. The van der Waals surface area contributed by atoms with Gasteiger partial charge in [-0.25, -0.2) is 0 Å². The van der Waals surface area contributed by atoms with Gasteiger partial charge in [-0.05, 0) is 38.5 Å². The summed E-state index contributed by atoms with van der Waals surface area (Å²) in [6, 6.07) is 0. The first kappa shape index (κ1) is 20.0. The van der Waals surface area contributed by atoms with E-state index in [-0.39, 0.29) is 24.0 Å². The number of rotatable bonds is 5. The van der Waals surface area contributed by atoms with Crippen LogP contribution in [0.4, 0.5) is 0 Å². The molecule has 0 aromatic rings. The lowest BCUT2D eigenvalue weighted by Crippen LogP contribution is -2.47. The maximum Gasteiger partial charge on any atom is 0.194 e. The Hall–Kier alpha value is -0.0400. The number of piperidine rings is 1. The fourth-order valence-corrected chi connectivity index (χ4v) is 2.50. The summed E-state index contributed by atoms with van der Waals surface area (Å²) < 4.78 is 0. The van der Waals surface area contributed by atoms with Crippen LogP contribution in [0.2, 0.25) is 0 Å². The highest BCUT2D eigenvalue weighted by atomic mass is 127. The minimum absolute atomic E-state index is 0. The third kappa shape index (κ3) is 6.16. The molecule has 1 atom stereocenters. The van der Waals surface area contributed by atoms with E-state index < -0.39 is 5.60 Å². The monoisotopic (exact) mass is 397 g/mol. The van der Waals surface area contributed by atoms with Crippen LogP contribution in [0.5, 0.6) is 0 Å². The van der Waals surface area contributed by atoms with Crippen molar-refractivity contribution in [2.45, 2.75) is 59.0 Å². The van der Waals surface area contributed by atoms with Gasteiger partial charge in [0.15, 0.2) is 5.96 Å². The smallest absolute Gasteiger partial charge is 0.194 e. The zero-order valence-corrected chi connectivity index (χ0v) is 15.8. The maximum absolute atomic E-state index is 10.3. The number of guanidine groups is 1. The Labute approximate surface area is 141 Å². The molecule has 0 aromatic heterocycles. The van der Waals surface area contributed by atoms with E-state index in [1.165, 1.54) is 12.8 Å². The van der Waals surface area contributed by atoms with E-state index in [1.807, 2.05) is 13.8 Å². The summed E-state index contributed by atoms with van der Waals surface area (Å²) in [6.45, 7) is 12.0. The quantitative estimate of drug-likeness (QED) is 0.426. The highest BCUT2D eigenvalue weighted by molar-refractivity contribution is 14.0. The topological polar surface area (TPSA) is 47.9 Å². The second-order valence-corrected chi connectivity index (χ2v) is 5.80. The summed E-state index contributed by atoms with van der Waals surface area (Å²) in [7, 11) is 0. The van der Waals surface area contributed by atoms with Gasteiger partial charge in [-0.1, -0.05) is 20.8 Å². The molecule has 0 amide bonds. The number of halogens is 1. The van der Waals surface area contributed by atoms with Gasteiger partial charge >= 0.3 is 0 Å². The molecule has 0 aromatic carbocycles. The average molecular weight is 397 g/mol. The number of nitrogens with zero attached hydrogens (tertiary/aromatic N) is 2. The van der Waals surface area contributed by atoms with E-state index in [4.69, 9.17) is 0 Å². The lowest BCUT2D eigenvalue weighted by Gasteiger charge is -2.34. The minimum Gasteiger partial charge on any atom is -0.388 e. The summed E-state index contributed by atoms with van der Waals surface area (Å²) >= 11 is 0. The molecule has 1 fully saturated rings. The molecule has 2 N–H and O–H groups in total. The molecule has 120 valence electrons. The van der Waals surface area contributed by atoms with Crippen molar-refractivity contribution in [2.75, 3.05) is 26.2 Å². The Morgan fingerprint density at radius 1 is 1.35 bits per heavy atom. The van der Waals surface area contributed by atoms with Crippen molar-refractivity contribution in [3.05, 3.63) is 0 Å². The second-order valence-electron chi connectivity index (χ2n) is 5.80. The molecule has 5 heteroatoms. The van der Waals surface area contributed by atoms with Crippen molar-refractivity contribution < 1.29 is 5.11 Å². The van der Waals surface area contributed by atoms with Crippen LogP contribution in [0.3, 0.4) is 0 Å². The molecule has 1 heterocycles. The molecule has 20 heavy (non-hydrogen) atoms. The number of aliphatic imine (C=N–C) groups is 1. The van der Waals surface area contributed by atoms with Gasteiger partial charge < -0.3 is 15.3 Å². The summed E-state index contributed by atoms with van der Waals surface area (Å²) in [6.07, 6.45) is 4.05. The van der Waals surface area contributed by atoms with Crippen LogP contribution in [-0.2, 0) is 0 Å². The van der Waals surface area contributed by atoms with E-state index in [2.05, 4.69) is 29.1 Å². The van der Waals surface area contributed by atoms with E-state index in [1.54, 1.807) is 0 Å². The van der Waals surface area contributed by atoms with Gasteiger partial charge in [-0.3, -0.25) is 4.99 Å². The number of nitrogens with one attached hydrogen (secondary N) is 1. The van der Waals surface area contributed by atoms with Crippen molar-refractivity contribution in [1.29, 1.82) is 0 Å². The third-order valence-electron chi connectivity index (χ3n) is 4.13. The molecule has 0 bridgehead atoms. The van der Waals surface area contributed by atoms with Crippen LogP contribution in [0.25, 0.3) is 0 Å². The first-order chi connectivity index (χ1) is 9.04. The van der Waals surface area contributed by atoms with Crippen molar-refractivity contribution in [3.8, 4) is 0 Å². The zero-order valence-electron chi connectivity index (χ0n) is 13.5. The van der Waals surface area contributed by atoms with Gasteiger partial charge in [0.05, 0.1) is 12.1 Å². The Morgan fingerprint density at radius 3 is 2.50 bits per heavy atom. The van der Waals surface area contributed by atoms with Gasteiger partial charge in [0.2, 0.25) is 0 Å². The Morgan fingerprint density at radius 2 is 2.00 bits per heavy atom. The van der Waals surface area contributed by atoms with Gasteiger partial charge in [0.25, 0.3) is 0 Å². The normalized spacial score (nSPS) is 20.6. The van der Waals surface area contributed by atoms with Gasteiger partial charge in [-0.2, -0.15) is 0 Å². The van der Waals surface area contributed by atoms with E-state index >= 15 is 0 Å². The van der Waals surface area contributed by atoms with Crippen LogP contribution in [0.1, 0.15) is 53.4 Å². The number of hydrogen-bond acceptors (Lipinski definition) is 2. The number of likely N-dealkylation sites (tertiary alicyclic amines) is 1. The summed E-state index contributed by atoms with van der Waals surface area (Å²) in [4.78, 5) is 7.00. The molecule has 4 nitrogen and oxygen atoms in total. The molecule has 1 aliphatic rings. The van der Waals surface area contributed by atoms with Crippen LogP contribution in [0, 0.1) is 5.92 Å². The predicted molar refractivity (Wildman–Crippen MR) is 96.9 cm³/mol. The highest BCUT2D eigenvalue weighted by Gasteiger charge is 2.24. The molecular weight excluding hydrogens is 365 g/mol. The van der Waals surface area contributed by atoms with Crippen LogP contribution >= 0.6 is 24.0 Å². The van der Waals surface area contributed by atoms with Crippen molar-refractivity contribution >= 4 is 29.9 Å². The van der Waals surface area contributed by atoms with Gasteiger partial charge in [-0.15, -0.1) is 24.0 Å². The zero-order chi connectivity index (χ0) is 14.3.